The van der Waals surface area contributed by atoms with E-state index in [1.165, 1.54) is 16.0 Å². The maximum Gasteiger partial charge on any atom is 0.313 e. The highest BCUT2D eigenvalue weighted by molar-refractivity contribution is 7.15. The smallest absolute Gasteiger partial charge is 0.311 e. The van der Waals surface area contributed by atoms with Crippen LogP contribution >= 0.6 is 11.3 Å². The average molecular weight is 430 g/mol. The number of carbonyl (C=O) groups is 1. The van der Waals surface area contributed by atoms with Crippen molar-refractivity contribution in [2.75, 3.05) is 5.32 Å². The minimum absolute atomic E-state index is 0.213. The fraction of sp³-hybridized carbons (Fsp3) is 0.632. The van der Waals surface area contributed by atoms with Gasteiger partial charge in [0.1, 0.15) is 11.5 Å². The summed E-state index contributed by atoms with van der Waals surface area (Å²) < 4.78 is 54.8. The molecule has 2 fully saturated rings. The molecule has 2 aliphatic carbocycles. The number of nitrogens with zero attached hydrogens (tertiary/aromatic N) is 3. The summed E-state index contributed by atoms with van der Waals surface area (Å²) >= 11 is 1.52. The van der Waals surface area contributed by atoms with Crippen molar-refractivity contribution in [3.8, 4) is 10.6 Å². The van der Waals surface area contributed by atoms with E-state index in [0.717, 1.165) is 46.1 Å². The van der Waals surface area contributed by atoms with Gasteiger partial charge in [-0.05, 0) is 32.6 Å². The van der Waals surface area contributed by atoms with Gasteiger partial charge >= 0.3 is 11.8 Å². The van der Waals surface area contributed by atoms with Crippen LogP contribution in [0, 0.1) is 19.8 Å². The summed E-state index contributed by atoms with van der Waals surface area (Å²) in [4.78, 5) is 17.8. The third kappa shape index (κ3) is 3.25. The number of hydrogen-bond acceptors (Lipinski definition) is 4. The molecule has 1 N–H and O–H groups in total. The van der Waals surface area contributed by atoms with Crippen molar-refractivity contribution in [3.63, 3.8) is 0 Å². The summed E-state index contributed by atoms with van der Waals surface area (Å²) in [5.41, 5.74) is 2.47. The molecule has 2 aromatic heterocycles. The average Bonchev–Trinajstić information content (AvgIpc) is 3.05. The van der Waals surface area contributed by atoms with Crippen LogP contribution < -0.4 is 5.32 Å². The zero-order chi connectivity index (χ0) is 21.1. The lowest BCUT2D eigenvalue weighted by molar-refractivity contribution is -0.313. The summed E-state index contributed by atoms with van der Waals surface area (Å²) in [6, 6.07) is 0. The first kappa shape index (κ1) is 20.3. The molecule has 2 aliphatic rings. The van der Waals surface area contributed by atoms with E-state index >= 15 is 0 Å². The van der Waals surface area contributed by atoms with Gasteiger partial charge in [-0.2, -0.15) is 22.7 Å². The highest BCUT2D eigenvalue weighted by atomic mass is 32.1. The Kier molecular flexibility index (Phi) is 4.75. The van der Waals surface area contributed by atoms with E-state index < -0.39 is 36.5 Å². The number of amides is 1. The van der Waals surface area contributed by atoms with Gasteiger partial charge in [0.15, 0.2) is 0 Å². The summed E-state index contributed by atoms with van der Waals surface area (Å²) in [5, 5.41) is 8.16. The molecule has 0 bridgehead atoms. The van der Waals surface area contributed by atoms with E-state index in [1.807, 2.05) is 13.8 Å². The molecule has 1 amide bonds. The van der Waals surface area contributed by atoms with Gasteiger partial charge in [-0.15, -0.1) is 11.3 Å². The van der Waals surface area contributed by atoms with Gasteiger partial charge in [-0.3, -0.25) is 9.48 Å². The molecule has 0 spiro atoms. The molecule has 2 heterocycles. The first-order valence-corrected chi connectivity index (χ1v) is 10.4. The molecular weight excluding hydrogens is 408 g/mol. The minimum atomic E-state index is -4.14. The maximum atomic E-state index is 13.5. The summed E-state index contributed by atoms with van der Waals surface area (Å²) in [6.45, 7) is 3.81. The molecule has 4 rings (SSSR count). The number of halogens is 4. The summed E-state index contributed by atoms with van der Waals surface area (Å²) in [7, 11) is 1.68. The molecule has 1 atom stereocenters. The molecule has 5 nitrogen and oxygen atoms in total. The van der Waals surface area contributed by atoms with E-state index in [9.17, 15) is 22.4 Å². The molecule has 0 radical (unpaired) electrons. The van der Waals surface area contributed by atoms with Crippen LogP contribution in [0.15, 0.2) is 0 Å². The number of carbonyl (C=O) groups excluding carboxylic acids is 1. The number of anilines is 1. The monoisotopic (exact) mass is 430 g/mol. The van der Waals surface area contributed by atoms with E-state index in [4.69, 9.17) is 0 Å². The Labute approximate surface area is 169 Å². The normalized spacial score (nSPS) is 22.8. The van der Waals surface area contributed by atoms with Gasteiger partial charge in [0.2, 0.25) is 5.91 Å². The van der Waals surface area contributed by atoms with E-state index in [-0.39, 0.29) is 5.92 Å². The van der Waals surface area contributed by atoms with Crippen molar-refractivity contribution in [3.05, 3.63) is 16.3 Å². The molecule has 2 saturated carbocycles. The molecule has 0 aliphatic heterocycles. The van der Waals surface area contributed by atoms with Crippen molar-refractivity contribution in [1.82, 2.24) is 14.8 Å². The lowest BCUT2D eigenvalue weighted by Gasteiger charge is -2.43. The first-order chi connectivity index (χ1) is 13.5. The summed E-state index contributed by atoms with van der Waals surface area (Å²) in [6.07, 6.45) is 1.35. The Morgan fingerprint density at radius 3 is 2.45 bits per heavy atom. The van der Waals surface area contributed by atoms with Crippen LogP contribution in [-0.2, 0) is 11.8 Å². The predicted octanol–water partition coefficient (Wildman–Crippen LogP) is 5.05. The molecule has 29 heavy (non-hydrogen) atoms. The number of thiazole rings is 1. The predicted molar refractivity (Wildman–Crippen MR) is 102 cm³/mol. The Morgan fingerprint density at radius 1 is 1.28 bits per heavy atom. The second kappa shape index (κ2) is 6.78. The lowest BCUT2D eigenvalue weighted by atomic mass is 9.74. The van der Waals surface area contributed by atoms with Crippen LogP contribution in [0.3, 0.4) is 0 Å². The molecule has 158 valence electrons. The Balaban J connectivity index is 1.61. The Hall–Kier alpha value is -1.97. The van der Waals surface area contributed by atoms with Crippen LogP contribution in [0.4, 0.5) is 23.4 Å². The topological polar surface area (TPSA) is 59.8 Å². The van der Waals surface area contributed by atoms with Gasteiger partial charge in [0.05, 0.1) is 15.6 Å². The van der Waals surface area contributed by atoms with E-state index in [1.54, 1.807) is 7.05 Å². The highest BCUT2D eigenvalue weighted by Crippen LogP contribution is 2.56. The maximum absolute atomic E-state index is 13.5. The highest BCUT2D eigenvalue weighted by Gasteiger charge is 2.71. The molecule has 0 unspecified atom stereocenters. The number of alkyl halides is 4. The molecule has 2 aromatic rings. The number of hydrogen-bond donors (Lipinski definition) is 1. The van der Waals surface area contributed by atoms with Crippen LogP contribution in [0.5, 0.6) is 0 Å². The lowest BCUT2D eigenvalue weighted by Crippen LogP contribution is -2.59. The van der Waals surface area contributed by atoms with E-state index in [2.05, 4.69) is 15.4 Å². The molecule has 0 aromatic carbocycles. The SMILES string of the molecule is Cc1nc(C)c(-c2nn(C)c(NC(=O)C[C@@H]3CC(F)(F)C3(F)F)c2C2CCC2)s1. The van der Waals surface area contributed by atoms with Crippen molar-refractivity contribution >= 4 is 23.1 Å². The number of aryl methyl sites for hydroxylation is 3. The van der Waals surface area contributed by atoms with Crippen molar-refractivity contribution < 1.29 is 22.4 Å². The molecule has 10 heteroatoms. The third-order valence-corrected chi connectivity index (χ3v) is 6.99. The van der Waals surface area contributed by atoms with Gasteiger partial charge in [-0.1, -0.05) is 6.42 Å². The number of nitrogens with one attached hydrogen (secondary N) is 1. The fourth-order valence-corrected chi connectivity index (χ4v) is 4.96. The first-order valence-electron chi connectivity index (χ1n) is 9.58. The van der Waals surface area contributed by atoms with Crippen LogP contribution in [0.25, 0.3) is 10.6 Å². The van der Waals surface area contributed by atoms with Gasteiger partial charge in [-0.25, -0.2) is 4.98 Å². The minimum Gasteiger partial charge on any atom is -0.311 e. The Morgan fingerprint density at radius 2 is 1.97 bits per heavy atom. The van der Waals surface area contributed by atoms with Crippen molar-refractivity contribution in [2.24, 2.45) is 13.0 Å². The molecule has 0 saturated heterocycles. The van der Waals surface area contributed by atoms with Gasteiger partial charge < -0.3 is 5.32 Å². The standard InChI is InChI=1S/C19H22F4N4OS/c1-9-16(29-10(2)24-9)15-14(11-5-4-6-11)17(27(3)26-15)25-13(28)7-12-8-18(20,21)19(12,22)23/h11-12H,4-8H2,1-3H3,(H,25,28)/t12-/m1/s1. The second-order valence-corrected chi connectivity index (χ2v) is 9.19. The van der Waals surface area contributed by atoms with Crippen molar-refractivity contribution in [2.45, 2.75) is 63.7 Å². The van der Waals surface area contributed by atoms with Crippen LogP contribution in [0.1, 0.15) is 54.3 Å². The van der Waals surface area contributed by atoms with E-state index in [0.29, 0.717) is 5.82 Å². The zero-order valence-corrected chi connectivity index (χ0v) is 17.2. The number of rotatable bonds is 5. The Bertz CT molecular complexity index is 964. The van der Waals surface area contributed by atoms with Gasteiger partial charge in [0, 0.05) is 31.4 Å². The fourth-order valence-electron chi connectivity index (χ4n) is 4.04. The van der Waals surface area contributed by atoms with Crippen molar-refractivity contribution in [1.29, 1.82) is 0 Å². The van der Waals surface area contributed by atoms with Crippen LogP contribution in [0.2, 0.25) is 0 Å². The van der Waals surface area contributed by atoms with Crippen LogP contribution in [-0.4, -0.2) is 32.5 Å². The third-order valence-electron chi connectivity index (χ3n) is 5.91. The number of aromatic nitrogens is 3. The summed E-state index contributed by atoms with van der Waals surface area (Å²) in [5.74, 6) is -9.85. The zero-order valence-electron chi connectivity index (χ0n) is 16.4. The molecular formula is C19H22F4N4OS. The quantitative estimate of drug-likeness (QED) is 0.676. The second-order valence-electron chi connectivity index (χ2n) is 7.99. The van der Waals surface area contributed by atoms with Gasteiger partial charge in [0.25, 0.3) is 0 Å². The largest absolute Gasteiger partial charge is 0.313 e.